The van der Waals surface area contributed by atoms with Crippen molar-refractivity contribution in [3.05, 3.63) is 77.9 Å². The van der Waals surface area contributed by atoms with E-state index in [4.69, 9.17) is 21.1 Å². The Morgan fingerprint density at radius 2 is 1.69 bits per heavy atom. The first-order valence-corrected chi connectivity index (χ1v) is 11.2. The molecule has 7 heteroatoms. The fraction of sp³-hybridized carbons (Fsp3) is 0.400. The molecule has 172 valence electrons. The van der Waals surface area contributed by atoms with Crippen LogP contribution in [0.3, 0.4) is 0 Å². The van der Waals surface area contributed by atoms with E-state index >= 15 is 0 Å². The lowest BCUT2D eigenvalue weighted by Crippen LogP contribution is -2.23. The summed E-state index contributed by atoms with van der Waals surface area (Å²) < 4.78 is 13.2. The molecule has 0 saturated carbocycles. The van der Waals surface area contributed by atoms with Gasteiger partial charge in [0.25, 0.3) is 0 Å². The van der Waals surface area contributed by atoms with Crippen molar-refractivity contribution < 1.29 is 19.7 Å². The van der Waals surface area contributed by atoms with Gasteiger partial charge in [0.05, 0.1) is 18.8 Å². The predicted molar refractivity (Wildman–Crippen MR) is 126 cm³/mol. The summed E-state index contributed by atoms with van der Waals surface area (Å²) in [7, 11) is 0. The van der Waals surface area contributed by atoms with Crippen molar-refractivity contribution in [1.82, 2.24) is 9.55 Å². The Morgan fingerprint density at radius 1 is 1.00 bits per heavy atom. The molecular formula is C25H31ClN2O4. The van der Waals surface area contributed by atoms with Gasteiger partial charge in [-0.3, -0.25) is 0 Å². The highest BCUT2D eigenvalue weighted by atomic mass is 35.5. The summed E-state index contributed by atoms with van der Waals surface area (Å²) in [5, 5.41) is 19.7. The molecular weight excluding hydrogens is 428 g/mol. The number of ether oxygens (including phenoxy) is 2. The topological polar surface area (TPSA) is 76.7 Å². The third-order valence-corrected chi connectivity index (χ3v) is 5.86. The van der Waals surface area contributed by atoms with E-state index in [2.05, 4.69) is 24.9 Å². The predicted octanol–water partition coefficient (Wildman–Crippen LogP) is 3.94. The average Bonchev–Trinajstić information content (AvgIpc) is 3.29. The number of nitrogens with zero attached hydrogens (tertiary/aromatic N) is 2. The maximum Gasteiger partial charge on any atom is 0.122 e. The Balaban J connectivity index is 1.62. The minimum atomic E-state index is -0.681. The Labute approximate surface area is 194 Å². The van der Waals surface area contributed by atoms with Crippen LogP contribution in [0.5, 0.6) is 11.5 Å². The number of aliphatic hydroxyl groups excluding tert-OH is 2. The van der Waals surface area contributed by atoms with Crippen LogP contribution in [-0.4, -0.2) is 51.1 Å². The molecule has 3 rings (SSSR count). The highest BCUT2D eigenvalue weighted by Gasteiger charge is 2.24. The van der Waals surface area contributed by atoms with Gasteiger partial charge in [-0.05, 0) is 41.8 Å². The summed E-state index contributed by atoms with van der Waals surface area (Å²) in [4.78, 5) is 3.97. The lowest BCUT2D eigenvalue weighted by molar-refractivity contribution is 0.0924. The van der Waals surface area contributed by atoms with Gasteiger partial charge in [-0.15, -0.1) is 11.6 Å². The molecule has 0 aliphatic heterocycles. The van der Waals surface area contributed by atoms with Gasteiger partial charge in [-0.1, -0.05) is 38.1 Å². The van der Waals surface area contributed by atoms with Crippen LogP contribution in [0.1, 0.15) is 30.5 Å². The third-order valence-electron chi connectivity index (χ3n) is 5.51. The second-order valence-corrected chi connectivity index (χ2v) is 8.78. The van der Waals surface area contributed by atoms with E-state index in [0.717, 1.165) is 22.4 Å². The minimum Gasteiger partial charge on any atom is -0.491 e. The fourth-order valence-corrected chi connectivity index (χ4v) is 3.54. The van der Waals surface area contributed by atoms with Crippen LogP contribution < -0.4 is 9.47 Å². The van der Waals surface area contributed by atoms with Gasteiger partial charge in [-0.25, -0.2) is 4.98 Å². The zero-order valence-electron chi connectivity index (χ0n) is 18.7. The number of benzene rings is 2. The van der Waals surface area contributed by atoms with Crippen LogP contribution in [0.4, 0.5) is 0 Å². The Bertz CT molecular complexity index is 974. The smallest absolute Gasteiger partial charge is 0.122 e. The van der Waals surface area contributed by atoms with E-state index in [-0.39, 0.29) is 24.5 Å². The number of alkyl halides is 1. The number of imidazole rings is 1. The molecule has 1 heterocycles. The molecule has 0 radical (unpaired) electrons. The van der Waals surface area contributed by atoms with E-state index in [1.165, 1.54) is 0 Å². The van der Waals surface area contributed by atoms with Gasteiger partial charge in [0.2, 0.25) is 0 Å². The number of hydrogen-bond acceptors (Lipinski definition) is 5. The van der Waals surface area contributed by atoms with E-state index in [1.54, 1.807) is 12.5 Å². The Hall–Kier alpha value is -2.54. The van der Waals surface area contributed by atoms with E-state index in [9.17, 15) is 10.2 Å². The lowest BCUT2D eigenvalue weighted by Gasteiger charge is -2.27. The van der Waals surface area contributed by atoms with Crippen molar-refractivity contribution in [2.24, 2.45) is 0 Å². The molecule has 0 aliphatic rings. The van der Waals surface area contributed by atoms with Crippen molar-refractivity contribution in [1.29, 1.82) is 0 Å². The molecule has 0 spiro atoms. The van der Waals surface area contributed by atoms with E-state index < -0.39 is 12.2 Å². The normalized spacial score (nSPS) is 13.6. The largest absolute Gasteiger partial charge is 0.491 e. The maximum atomic E-state index is 10.1. The zero-order valence-corrected chi connectivity index (χ0v) is 19.5. The number of halogens is 1. The van der Waals surface area contributed by atoms with Gasteiger partial charge in [-0.2, -0.15) is 0 Å². The quantitative estimate of drug-likeness (QED) is 0.426. The summed E-state index contributed by atoms with van der Waals surface area (Å²) in [6.45, 7) is 7.16. The molecule has 1 aromatic heterocycles. The van der Waals surface area contributed by atoms with Gasteiger partial charge < -0.3 is 24.3 Å². The van der Waals surface area contributed by atoms with Crippen LogP contribution in [0.25, 0.3) is 0 Å². The molecule has 0 fully saturated rings. The van der Waals surface area contributed by atoms with Gasteiger partial charge in [0, 0.05) is 17.8 Å². The number of aliphatic hydroxyl groups is 2. The summed E-state index contributed by atoms with van der Waals surface area (Å²) in [6.07, 6.45) is 3.87. The number of rotatable bonds is 11. The molecule has 2 N–H and O–H groups in total. The molecule has 2 atom stereocenters. The molecule has 0 aliphatic carbocycles. The molecule has 0 bridgehead atoms. The first kappa shape index (κ1) is 24.1. The second kappa shape index (κ2) is 10.9. The van der Waals surface area contributed by atoms with Crippen LogP contribution in [0.15, 0.2) is 61.2 Å². The summed E-state index contributed by atoms with van der Waals surface area (Å²) in [5.41, 5.74) is 3.08. The lowest BCUT2D eigenvalue weighted by atomic mass is 9.77. The van der Waals surface area contributed by atoms with Crippen LogP contribution in [0.2, 0.25) is 0 Å². The van der Waals surface area contributed by atoms with Crippen LogP contribution >= 0.6 is 11.6 Å². The summed E-state index contributed by atoms with van der Waals surface area (Å²) in [5.74, 6) is 1.60. The third kappa shape index (κ3) is 6.25. The zero-order chi connectivity index (χ0) is 23.1. The van der Waals surface area contributed by atoms with Gasteiger partial charge in [0.15, 0.2) is 0 Å². The first-order chi connectivity index (χ1) is 15.3. The number of aryl methyl sites for hydroxylation is 1. The fourth-order valence-electron chi connectivity index (χ4n) is 3.45. The SMILES string of the molecule is Cc1cc(C(C)(C)c2ccc(OCC(O)Cn3ccnc3)cc2)ccc1OCC(O)CCl. The van der Waals surface area contributed by atoms with Crippen molar-refractivity contribution >= 4 is 11.6 Å². The molecule has 32 heavy (non-hydrogen) atoms. The van der Waals surface area contributed by atoms with E-state index in [0.29, 0.717) is 12.3 Å². The molecule has 0 saturated heterocycles. The monoisotopic (exact) mass is 458 g/mol. The first-order valence-electron chi connectivity index (χ1n) is 10.6. The molecule has 0 amide bonds. The highest BCUT2D eigenvalue weighted by Crippen LogP contribution is 2.34. The van der Waals surface area contributed by atoms with Crippen LogP contribution in [-0.2, 0) is 12.0 Å². The van der Waals surface area contributed by atoms with Crippen molar-refractivity contribution in [2.75, 3.05) is 19.1 Å². The standard InChI is InChI=1S/C25H31ClN2O4/c1-18-12-20(6-9-24(18)32-15-21(29)13-26)25(2,3)19-4-7-23(8-5-19)31-16-22(30)14-28-11-10-27-17-28/h4-12,17,21-22,29-30H,13-16H2,1-3H3. The van der Waals surface area contributed by atoms with Gasteiger partial charge in [0.1, 0.15) is 36.9 Å². The van der Waals surface area contributed by atoms with Crippen LogP contribution in [0, 0.1) is 6.92 Å². The Kier molecular flexibility index (Phi) is 8.18. The molecule has 2 aromatic carbocycles. The van der Waals surface area contributed by atoms with E-state index in [1.807, 2.05) is 54.1 Å². The summed E-state index contributed by atoms with van der Waals surface area (Å²) in [6, 6.07) is 14.1. The average molecular weight is 459 g/mol. The van der Waals surface area contributed by atoms with Gasteiger partial charge >= 0.3 is 0 Å². The van der Waals surface area contributed by atoms with Crippen molar-refractivity contribution in [2.45, 2.75) is 44.9 Å². The highest BCUT2D eigenvalue weighted by molar-refractivity contribution is 6.18. The number of hydrogen-bond donors (Lipinski definition) is 2. The van der Waals surface area contributed by atoms with Crippen molar-refractivity contribution in [3.63, 3.8) is 0 Å². The second-order valence-electron chi connectivity index (χ2n) is 8.47. The maximum absolute atomic E-state index is 10.1. The molecule has 2 unspecified atom stereocenters. The summed E-state index contributed by atoms with van der Waals surface area (Å²) >= 11 is 5.63. The Morgan fingerprint density at radius 3 is 2.31 bits per heavy atom. The molecule has 6 nitrogen and oxygen atoms in total. The number of aromatic nitrogens is 2. The van der Waals surface area contributed by atoms with Crippen molar-refractivity contribution in [3.8, 4) is 11.5 Å². The minimum absolute atomic E-state index is 0.146. The molecule has 3 aromatic rings.